The summed E-state index contributed by atoms with van der Waals surface area (Å²) in [5.41, 5.74) is 22.7. The minimum absolute atomic E-state index is 0.548. The monoisotopic (exact) mass is 1200 g/mol. The third kappa shape index (κ3) is 9.98. The van der Waals surface area contributed by atoms with Gasteiger partial charge in [0.05, 0.1) is 22.1 Å². The van der Waals surface area contributed by atoms with Crippen LogP contribution in [0.1, 0.15) is 11.1 Å². The summed E-state index contributed by atoms with van der Waals surface area (Å²) in [5, 5.41) is 4.68. The number of aromatic nitrogens is 8. The Morgan fingerprint density at radius 1 is 0.191 bits per heavy atom. The Labute approximate surface area is 544 Å². The molecule has 0 saturated heterocycles. The molecule has 0 bridgehead atoms. The Balaban J connectivity index is 0.892. The van der Waals surface area contributed by atoms with Crippen molar-refractivity contribution >= 4 is 43.6 Å². The van der Waals surface area contributed by atoms with E-state index in [0.29, 0.717) is 34.9 Å². The summed E-state index contributed by atoms with van der Waals surface area (Å²) in [4.78, 5) is 32.1. The maximum absolute atomic E-state index is 5.43. The van der Waals surface area contributed by atoms with Crippen LogP contribution in [0.15, 0.2) is 315 Å². The number of aryl methyl sites for hydroxylation is 2. The van der Waals surface area contributed by atoms with Crippen LogP contribution in [-0.2, 0) is 0 Å². The molecule has 0 aliphatic heterocycles. The van der Waals surface area contributed by atoms with Gasteiger partial charge in [-0.2, -0.15) is 0 Å². The van der Waals surface area contributed by atoms with Gasteiger partial charge >= 0.3 is 0 Å². The predicted molar refractivity (Wildman–Crippen MR) is 386 cm³/mol. The van der Waals surface area contributed by atoms with E-state index in [9.17, 15) is 0 Å². The molecule has 0 spiro atoms. The van der Waals surface area contributed by atoms with Crippen molar-refractivity contribution < 1.29 is 0 Å². The summed E-state index contributed by atoms with van der Waals surface area (Å²) in [5.74, 6) is 3.42. The Hall–Kier alpha value is -12.5. The van der Waals surface area contributed by atoms with Crippen LogP contribution >= 0.6 is 0 Å². The molecule has 4 aromatic heterocycles. The van der Waals surface area contributed by atoms with E-state index in [4.69, 9.17) is 29.9 Å². The molecule has 0 aliphatic carbocycles. The maximum atomic E-state index is 5.43. The lowest BCUT2D eigenvalue weighted by molar-refractivity contribution is 1.07. The van der Waals surface area contributed by atoms with E-state index in [1.165, 1.54) is 54.9 Å². The van der Waals surface area contributed by atoms with E-state index < -0.39 is 0 Å². The van der Waals surface area contributed by atoms with Crippen molar-refractivity contribution in [1.29, 1.82) is 0 Å². The molecule has 8 nitrogen and oxygen atoms in total. The maximum Gasteiger partial charge on any atom is 0.164 e. The van der Waals surface area contributed by atoms with Gasteiger partial charge in [-0.25, -0.2) is 29.9 Å². The molecule has 4 heterocycles. The Morgan fingerprint density at radius 2 is 0.500 bits per heavy atom. The quantitative estimate of drug-likeness (QED) is 0.121. The smallest absolute Gasteiger partial charge is 0.164 e. The molecule has 0 amide bonds. The normalized spacial score (nSPS) is 11.5. The summed E-state index contributed by atoms with van der Waals surface area (Å²) in [7, 11) is 0. The van der Waals surface area contributed by atoms with E-state index in [1.54, 1.807) is 0 Å². The van der Waals surface area contributed by atoms with Crippen LogP contribution in [0.2, 0.25) is 0 Å². The second kappa shape index (κ2) is 23.4. The fraction of sp³-hybridized carbons (Fsp3) is 0.0233. The molecule has 0 unspecified atom stereocenters. The first-order valence-corrected chi connectivity index (χ1v) is 31.8. The highest BCUT2D eigenvalue weighted by Crippen LogP contribution is 2.44. The minimum Gasteiger partial charge on any atom is -0.309 e. The Kier molecular flexibility index (Phi) is 13.8. The molecule has 8 heteroatoms. The molecule has 94 heavy (non-hydrogen) atoms. The number of para-hydroxylation sites is 2. The van der Waals surface area contributed by atoms with Crippen molar-refractivity contribution in [2.24, 2.45) is 0 Å². The highest BCUT2D eigenvalue weighted by Gasteiger charge is 2.24. The summed E-state index contributed by atoms with van der Waals surface area (Å²) >= 11 is 0. The van der Waals surface area contributed by atoms with Crippen LogP contribution < -0.4 is 0 Å². The van der Waals surface area contributed by atoms with Gasteiger partial charge in [-0.1, -0.05) is 249 Å². The number of hydrogen-bond donors (Lipinski definition) is 0. The van der Waals surface area contributed by atoms with Crippen molar-refractivity contribution in [3.63, 3.8) is 0 Å². The standard InChI is InChI=1S/C86H58N8/c1-55-24-15-17-36-67(55)63-42-48-79-73(51-63)71-38-19-21-40-77(71)93(79)65-44-46-69(75(53-65)85-89-81(57-26-7-3-8-27-57)87-82(90-85)58-28-9-4-10-29-58)61-34-23-35-62(50-61)70-47-45-66(54-76(70)86-91-83(59-30-11-5-12-31-59)88-84(92-86)60-32-13-6-14-33-60)94-78-41-22-20-39-72(78)74-52-64(43-49-80(74)94)68-37-18-16-25-56(68)2/h3-54H,1-2H3. The van der Waals surface area contributed by atoms with Gasteiger partial charge in [-0.3, -0.25) is 0 Å². The molecule has 0 saturated carbocycles. The zero-order valence-electron chi connectivity index (χ0n) is 51.6. The molecule has 442 valence electrons. The number of rotatable bonds is 12. The largest absolute Gasteiger partial charge is 0.309 e. The predicted octanol–water partition coefficient (Wildman–Crippen LogP) is 21.5. The van der Waals surface area contributed by atoms with Crippen molar-refractivity contribution in [1.82, 2.24) is 39.0 Å². The van der Waals surface area contributed by atoms with Crippen LogP contribution in [0.3, 0.4) is 0 Å². The zero-order valence-corrected chi connectivity index (χ0v) is 51.6. The number of benzene rings is 13. The van der Waals surface area contributed by atoms with Crippen molar-refractivity contribution in [2.75, 3.05) is 0 Å². The summed E-state index contributed by atoms with van der Waals surface area (Å²) in [6, 6.07) is 111. The lowest BCUT2D eigenvalue weighted by atomic mass is 9.92. The molecule has 0 radical (unpaired) electrons. The fourth-order valence-corrected chi connectivity index (χ4v) is 13.6. The average Bonchev–Trinajstić information content (AvgIpc) is 1.56. The molecule has 0 aliphatic rings. The molecular formula is C86H58N8. The van der Waals surface area contributed by atoms with Crippen molar-refractivity contribution in [2.45, 2.75) is 13.8 Å². The third-order valence-electron chi connectivity index (χ3n) is 18.1. The van der Waals surface area contributed by atoms with Gasteiger partial charge in [-0.05, 0) is 136 Å². The SMILES string of the molecule is Cc1ccccc1-c1ccc2c(c1)c1ccccc1n2-c1ccc(-c2cccc(-c3ccc(-n4c5ccccc5c5cc(-c6ccccc6C)ccc54)cc3-c3nc(-c4ccccc4)nc(-c4ccccc4)n3)c2)c(-c2nc(-c3ccccc3)nc(-c3ccccc3)n2)c1. The molecule has 17 rings (SSSR count). The van der Waals surface area contributed by atoms with Crippen LogP contribution in [0.25, 0.3) is 168 Å². The van der Waals surface area contributed by atoms with E-state index >= 15 is 0 Å². The minimum atomic E-state index is 0.548. The fourth-order valence-electron chi connectivity index (χ4n) is 13.6. The molecule has 0 N–H and O–H groups in total. The first-order chi connectivity index (χ1) is 46.4. The summed E-state index contributed by atoms with van der Waals surface area (Å²) in [6.07, 6.45) is 0. The van der Waals surface area contributed by atoms with Crippen LogP contribution in [0.4, 0.5) is 0 Å². The molecule has 17 aromatic rings. The van der Waals surface area contributed by atoms with Gasteiger partial charge < -0.3 is 9.13 Å². The Bertz CT molecular complexity index is 5290. The number of hydrogen-bond acceptors (Lipinski definition) is 6. The van der Waals surface area contributed by atoms with Crippen LogP contribution in [-0.4, -0.2) is 39.0 Å². The first kappa shape index (κ1) is 55.5. The molecule has 0 atom stereocenters. The molecular weight excluding hydrogens is 1150 g/mol. The van der Waals surface area contributed by atoms with E-state index in [0.717, 1.165) is 89.1 Å². The summed E-state index contributed by atoms with van der Waals surface area (Å²) in [6.45, 7) is 4.36. The van der Waals surface area contributed by atoms with Crippen molar-refractivity contribution in [3.8, 4) is 124 Å². The Morgan fingerprint density at radius 3 is 0.883 bits per heavy atom. The topological polar surface area (TPSA) is 87.2 Å². The van der Waals surface area contributed by atoms with Gasteiger partial charge in [0.15, 0.2) is 34.9 Å². The van der Waals surface area contributed by atoms with Gasteiger partial charge in [-0.15, -0.1) is 0 Å². The van der Waals surface area contributed by atoms with Crippen molar-refractivity contribution in [3.05, 3.63) is 327 Å². The lowest BCUT2D eigenvalue weighted by Crippen LogP contribution is -2.03. The van der Waals surface area contributed by atoms with E-state index in [1.807, 2.05) is 72.8 Å². The number of nitrogens with zero attached hydrogens (tertiary/aromatic N) is 8. The first-order valence-electron chi connectivity index (χ1n) is 31.8. The highest BCUT2D eigenvalue weighted by atomic mass is 15.1. The zero-order chi connectivity index (χ0) is 62.6. The third-order valence-corrected chi connectivity index (χ3v) is 18.1. The van der Waals surface area contributed by atoms with E-state index in [2.05, 4.69) is 266 Å². The van der Waals surface area contributed by atoms with Crippen LogP contribution in [0, 0.1) is 13.8 Å². The second-order valence-corrected chi connectivity index (χ2v) is 23.9. The van der Waals surface area contributed by atoms with Gasteiger partial charge in [0, 0.05) is 66.3 Å². The van der Waals surface area contributed by atoms with Gasteiger partial charge in [0.1, 0.15) is 0 Å². The average molecular weight is 1200 g/mol. The van der Waals surface area contributed by atoms with E-state index in [-0.39, 0.29) is 0 Å². The second-order valence-electron chi connectivity index (χ2n) is 23.9. The van der Waals surface area contributed by atoms with Crippen LogP contribution in [0.5, 0.6) is 0 Å². The molecule has 13 aromatic carbocycles. The number of fused-ring (bicyclic) bond motifs is 6. The summed E-state index contributed by atoms with van der Waals surface area (Å²) < 4.78 is 4.76. The van der Waals surface area contributed by atoms with Gasteiger partial charge in [0.2, 0.25) is 0 Å². The van der Waals surface area contributed by atoms with Gasteiger partial charge in [0.25, 0.3) is 0 Å². The molecule has 0 fully saturated rings. The lowest BCUT2D eigenvalue weighted by Gasteiger charge is -2.18. The highest BCUT2D eigenvalue weighted by molar-refractivity contribution is 6.12.